The van der Waals surface area contributed by atoms with Crippen LogP contribution in [0.1, 0.15) is 50.6 Å². The highest BCUT2D eigenvalue weighted by atomic mass is 35.5. The van der Waals surface area contributed by atoms with Crippen LogP contribution in [0.15, 0.2) is 18.2 Å². The third-order valence-electron chi connectivity index (χ3n) is 4.57. The molecule has 0 saturated heterocycles. The van der Waals surface area contributed by atoms with Crippen molar-refractivity contribution in [2.45, 2.75) is 51.1 Å². The molecule has 1 aromatic carbocycles. The molecule has 118 valence electrons. The first-order valence-corrected chi connectivity index (χ1v) is 8.39. The van der Waals surface area contributed by atoms with Gasteiger partial charge in [-0.15, -0.1) is 0 Å². The number of aliphatic hydroxyl groups is 1. The van der Waals surface area contributed by atoms with Crippen molar-refractivity contribution in [1.29, 1.82) is 0 Å². The SMILES string of the molecule is CNC(C)c1ccc(N(CCO)C2CCCCC2)cc1Cl. The monoisotopic (exact) mass is 310 g/mol. The fourth-order valence-corrected chi connectivity index (χ4v) is 3.56. The molecule has 0 radical (unpaired) electrons. The standard InChI is InChI=1S/C17H27ClN2O/c1-13(19-2)16-9-8-15(12-17(16)18)20(10-11-21)14-6-4-3-5-7-14/h8-9,12-14,19,21H,3-7,10-11H2,1-2H3. The molecule has 0 bridgehead atoms. The lowest BCUT2D eigenvalue weighted by Gasteiger charge is -2.36. The van der Waals surface area contributed by atoms with Crippen LogP contribution in [0.4, 0.5) is 5.69 Å². The third kappa shape index (κ3) is 4.12. The number of halogens is 1. The van der Waals surface area contributed by atoms with Crippen LogP contribution in [0.5, 0.6) is 0 Å². The maximum Gasteiger partial charge on any atom is 0.0606 e. The van der Waals surface area contributed by atoms with Gasteiger partial charge in [-0.1, -0.05) is 36.9 Å². The molecule has 1 fully saturated rings. The number of anilines is 1. The molecule has 1 aliphatic carbocycles. The number of benzene rings is 1. The number of aliphatic hydroxyl groups excluding tert-OH is 1. The van der Waals surface area contributed by atoms with Crippen LogP contribution in [-0.2, 0) is 0 Å². The van der Waals surface area contributed by atoms with Crippen molar-refractivity contribution in [3.8, 4) is 0 Å². The number of nitrogens with zero attached hydrogens (tertiary/aromatic N) is 1. The Bertz CT molecular complexity index is 446. The molecule has 1 aromatic rings. The molecule has 1 atom stereocenters. The van der Waals surface area contributed by atoms with Gasteiger partial charge in [-0.2, -0.15) is 0 Å². The molecule has 2 N–H and O–H groups in total. The summed E-state index contributed by atoms with van der Waals surface area (Å²) in [6, 6.07) is 7.07. The minimum absolute atomic E-state index is 0.183. The molecule has 1 saturated carbocycles. The van der Waals surface area contributed by atoms with Crippen LogP contribution in [0, 0.1) is 0 Å². The normalized spacial score (nSPS) is 17.7. The molecule has 2 rings (SSSR count). The Kier molecular flexibility index (Phi) is 6.34. The van der Waals surface area contributed by atoms with Crippen molar-refractivity contribution in [2.75, 3.05) is 25.1 Å². The van der Waals surface area contributed by atoms with Crippen LogP contribution in [-0.4, -0.2) is 31.3 Å². The first kappa shape index (κ1) is 16.6. The summed E-state index contributed by atoms with van der Waals surface area (Å²) in [7, 11) is 1.94. The highest BCUT2D eigenvalue weighted by Gasteiger charge is 2.22. The van der Waals surface area contributed by atoms with Crippen LogP contribution in [0.3, 0.4) is 0 Å². The van der Waals surface area contributed by atoms with Gasteiger partial charge in [0.1, 0.15) is 0 Å². The highest BCUT2D eigenvalue weighted by molar-refractivity contribution is 6.31. The zero-order chi connectivity index (χ0) is 15.2. The molecule has 4 heteroatoms. The number of rotatable bonds is 6. The molecular formula is C17H27ClN2O. The fraction of sp³-hybridized carbons (Fsp3) is 0.647. The highest BCUT2D eigenvalue weighted by Crippen LogP contribution is 2.31. The Hall–Kier alpha value is -0.770. The summed E-state index contributed by atoms with van der Waals surface area (Å²) in [5, 5.41) is 13.4. The van der Waals surface area contributed by atoms with Gasteiger partial charge in [-0.3, -0.25) is 0 Å². The predicted octanol–water partition coefficient (Wildman–Crippen LogP) is 3.75. The Morgan fingerprint density at radius 1 is 1.33 bits per heavy atom. The maximum atomic E-state index is 9.39. The minimum atomic E-state index is 0.183. The predicted molar refractivity (Wildman–Crippen MR) is 90.2 cm³/mol. The van der Waals surface area contributed by atoms with Gasteiger partial charge in [0.05, 0.1) is 6.61 Å². The Labute approximate surface area is 133 Å². The fourth-order valence-electron chi connectivity index (χ4n) is 3.22. The van der Waals surface area contributed by atoms with E-state index >= 15 is 0 Å². The number of hydrogen-bond donors (Lipinski definition) is 2. The first-order valence-electron chi connectivity index (χ1n) is 8.01. The van der Waals surface area contributed by atoms with Crippen LogP contribution >= 0.6 is 11.6 Å². The molecule has 3 nitrogen and oxygen atoms in total. The summed E-state index contributed by atoms with van der Waals surface area (Å²) in [5.41, 5.74) is 2.25. The lowest BCUT2D eigenvalue weighted by atomic mass is 9.93. The van der Waals surface area contributed by atoms with E-state index in [-0.39, 0.29) is 12.6 Å². The van der Waals surface area contributed by atoms with E-state index in [2.05, 4.69) is 35.3 Å². The van der Waals surface area contributed by atoms with Crippen molar-refractivity contribution in [3.05, 3.63) is 28.8 Å². The Morgan fingerprint density at radius 2 is 2.05 bits per heavy atom. The van der Waals surface area contributed by atoms with E-state index in [1.807, 2.05) is 7.05 Å². The molecule has 21 heavy (non-hydrogen) atoms. The van der Waals surface area contributed by atoms with E-state index in [0.717, 1.165) is 16.3 Å². The van der Waals surface area contributed by atoms with Crippen molar-refractivity contribution >= 4 is 17.3 Å². The Morgan fingerprint density at radius 3 is 2.62 bits per heavy atom. The largest absolute Gasteiger partial charge is 0.395 e. The van der Waals surface area contributed by atoms with Crippen LogP contribution in [0.25, 0.3) is 0 Å². The summed E-state index contributed by atoms with van der Waals surface area (Å²) >= 11 is 6.46. The second-order valence-corrected chi connectivity index (χ2v) is 6.33. The molecule has 0 aromatic heterocycles. The lowest BCUT2D eigenvalue weighted by molar-refractivity contribution is 0.290. The molecule has 0 amide bonds. The maximum absolute atomic E-state index is 9.39. The van der Waals surface area contributed by atoms with E-state index < -0.39 is 0 Å². The van der Waals surface area contributed by atoms with Crippen LogP contribution in [0.2, 0.25) is 5.02 Å². The van der Waals surface area contributed by atoms with Gasteiger partial charge in [-0.25, -0.2) is 0 Å². The average molecular weight is 311 g/mol. The summed E-state index contributed by atoms with van der Waals surface area (Å²) in [5.74, 6) is 0. The second-order valence-electron chi connectivity index (χ2n) is 5.93. The molecule has 0 spiro atoms. The third-order valence-corrected chi connectivity index (χ3v) is 4.90. The van der Waals surface area contributed by atoms with E-state index in [1.165, 1.54) is 32.1 Å². The Balaban J connectivity index is 2.21. The summed E-state index contributed by atoms with van der Waals surface area (Å²) < 4.78 is 0. The summed E-state index contributed by atoms with van der Waals surface area (Å²) in [6.45, 7) is 2.97. The van der Waals surface area contributed by atoms with E-state index in [1.54, 1.807) is 0 Å². The van der Waals surface area contributed by atoms with Crippen LogP contribution < -0.4 is 10.2 Å². The van der Waals surface area contributed by atoms with Crippen molar-refractivity contribution in [2.24, 2.45) is 0 Å². The van der Waals surface area contributed by atoms with E-state index in [4.69, 9.17) is 11.6 Å². The van der Waals surface area contributed by atoms with Gasteiger partial charge in [0.25, 0.3) is 0 Å². The summed E-state index contributed by atoms with van der Waals surface area (Å²) in [4.78, 5) is 2.33. The van der Waals surface area contributed by atoms with Gasteiger partial charge in [0.15, 0.2) is 0 Å². The average Bonchev–Trinajstić information content (AvgIpc) is 2.52. The first-order chi connectivity index (χ1) is 10.2. The lowest BCUT2D eigenvalue weighted by Crippen LogP contribution is -2.38. The van der Waals surface area contributed by atoms with Gasteiger partial charge in [0, 0.05) is 29.3 Å². The molecular weight excluding hydrogens is 284 g/mol. The van der Waals surface area contributed by atoms with Crippen molar-refractivity contribution in [3.63, 3.8) is 0 Å². The molecule has 1 aliphatic rings. The minimum Gasteiger partial charge on any atom is -0.395 e. The zero-order valence-electron chi connectivity index (χ0n) is 13.1. The molecule has 0 heterocycles. The molecule has 1 unspecified atom stereocenters. The van der Waals surface area contributed by atoms with Crippen molar-refractivity contribution in [1.82, 2.24) is 5.32 Å². The molecule has 0 aliphatic heterocycles. The van der Waals surface area contributed by atoms with Crippen molar-refractivity contribution < 1.29 is 5.11 Å². The van der Waals surface area contributed by atoms with Gasteiger partial charge < -0.3 is 15.3 Å². The quantitative estimate of drug-likeness (QED) is 0.840. The van der Waals surface area contributed by atoms with Gasteiger partial charge >= 0.3 is 0 Å². The smallest absolute Gasteiger partial charge is 0.0606 e. The zero-order valence-corrected chi connectivity index (χ0v) is 13.9. The summed E-state index contributed by atoms with van der Waals surface area (Å²) in [6.07, 6.45) is 6.34. The number of hydrogen-bond acceptors (Lipinski definition) is 3. The number of nitrogens with one attached hydrogen (secondary N) is 1. The second kappa shape index (κ2) is 8.02. The van der Waals surface area contributed by atoms with Gasteiger partial charge in [-0.05, 0) is 44.5 Å². The topological polar surface area (TPSA) is 35.5 Å². The van der Waals surface area contributed by atoms with E-state index in [0.29, 0.717) is 12.6 Å². The van der Waals surface area contributed by atoms with E-state index in [9.17, 15) is 5.11 Å². The van der Waals surface area contributed by atoms with Gasteiger partial charge in [0.2, 0.25) is 0 Å².